The standard InChI is InChI=1S/C24H24N4O2/c25-23(30)24(10-3-13-28(17-24)22(29)21-5-2-12-27-16-21)14-18-6-8-19(9-7-18)20-4-1-11-26-15-20/h1-2,4-9,11-12,15-16H,3,10,13-14,17H2,(H2,25,30)/t24-/m0/s1. The van der Waals surface area contributed by atoms with Crippen molar-refractivity contribution in [2.24, 2.45) is 11.1 Å². The van der Waals surface area contributed by atoms with Gasteiger partial charge in [-0.1, -0.05) is 30.3 Å². The Kier molecular flexibility index (Phi) is 5.57. The fourth-order valence-electron chi connectivity index (χ4n) is 4.15. The molecular formula is C24H24N4O2. The first-order valence-electron chi connectivity index (χ1n) is 10.1. The Morgan fingerprint density at radius 1 is 0.967 bits per heavy atom. The molecule has 0 unspecified atom stereocenters. The summed E-state index contributed by atoms with van der Waals surface area (Å²) >= 11 is 0. The molecule has 152 valence electrons. The molecule has 2 aromatic heterocycles. The number of aromatic nitrogens is 2. The molecule has 0 radical (unpaired) electrons. The van der Waals surface area contributed by atoms with Crippen molar-refractivity contribution in [3.8, 4) is 11.1 Å². The fourth-order valence-corrected chi connectivity index (χ4v) is 4.15. The Labute approximate surface area is 175 Å². The highest BCUT2D eigenvalue weighted by Crippen LogP contribution is 2.34. The van der Waals surface area contributed by atoms with E-state index in [2.05, 4.69) is 9.97 Å². The van der Waals surface area contributed by atoms with Gasteiger partial charge in [0.15, 0.2) is 0 Å². The summed E-state index contributed by atoms with van der Waals surface area (Å²) in [6, 6.07) is 15.5. The van der Waals surface area contributed by atoms with Crippen molar-refractivity contribution in [3.63, 3.8) is 0 Å². The van der Waals surface area contributed by atoms with Gasteiger partial charge in [0.2, 0.25) is 5.91 Å². The smallest absolute Gasteiger partial charge is 0.255 e. The van der Waals surface area contributed by atoms with Gasteiger partial charge in [0, 0.05) is 37.9 Å². The molecule has 4 rings (SSSR count). The number of pyridine rings is 2. The molecule has 0 saturated carbocycles. The molecule has 1 fully saturated rings. The van der Waals surface area contributed by atoms with E-state index in [1.165, 1.54) is 0 Å². The largest absolute Gasteiger partial charge is 0.369 e. The van der Waals surface area contributed by atoms with Gasteiger partial charge in [-0.05, 0) is 54.2 Å². The molecule has 30 heavy (non-hydrogen) atoms. The number of hydrogen-bond acceptors (Lipinski definition) is 4. The van der Waals surface area contributed by atoms with Crippen molar-refractivity contribution in [2.45, 2.75) is 19.3 Å². The molecule has 3 aromatic rings. The number of piperidine rings is 1. The molecule has 2 N–H and O–H groups in total. The summed E-state index contributed by atoms with van der Waals surface area (Å²) in [7, 11) is 0. The van der Waals surface area contributed by atoms with Crippen LogP contribution >= 0.6 is 0 Å². The third-order valence-electron chi connectivity index (χ3n) is 5.79. The number of carbonyl (C=O) groups excluding carboxylic acids is 2. The number of hydrogen-bond donors (Lipinski definition) is 1. The lowest BCUT2D eigenvalue weighted by Gasteiger charge is -2.41. The van der Waals surface area contributed by atoms with Crippen LogP contribution in [0.15, 0.2) is 73.3 Å². The molecule has 1 atom stereocenters. The third kappa shape index (κ3) is 4.08. The van der Waals surface area contributed by atoms with E-state index in [9.17, 15) is 9.59 Å². The molecule has 0 spiro atoms. The second-order valence-corrected chi connectivity index (χ2v) is 7.83. The quantitative estimate of drug-likeness (QED) is 0.713. The maximum Gasteiger partial charge on any atom is 0.255 e. The second kappa shape index (κ2) is 8.45. The van der Waals surface area contributed by atoms with Gasteiger partial charge in [-0.2, -0.15) is 0 Å². The van der Waals surface area contributed by atoms with E-state index in [1.807, 2.05) is 42.6 Å². The number of rotatable bonds is 5. The summed E-state index contributed by atoms with van der Waals surface area (Å²) in [4.78, 5) is 35.3. The van der Waals surface area contributed by atoms with Crippen molar-refractivity contribution in [2.75, 3.05) is 13.1 Å². The van der Waals surface area contributed by atoms with Gasteiger partial charge in [0.1, 0.15) is 0 Å². The Bertz CT molecular complexity index is 1020. The number of benzene rings is 1. The van der Waals surface area contributed by atoms with Crippen LogP contribution in [0.1, 0.15) is 28.8 Å². The van der Waals surface area contributed by atoms with Gasteiger partial charge in [0.05, 0.1) is 11.0 Å². The van der Waals surface area contributed by atoms with Crippen LogP contribution in [-0.2, 0) is 11.2 Å². The Balaban J connectivity index is 1.54. The number of primary amides is 1. The highest BCUT2D eigenvalue weighted by molar-refractivity contribution is 5.94. The van der Waals surface area contributed by atoms with Crippen molar-refractivity contribution in [1.82, 2.24) is 14.9 Å². The predicted octanol–water partition coefficient (Wildman–Crippen LogP) is 3.09. The molecule has 1 saturated heterocycles. The Hall–Kier alpha value is -3.54. The molecule has 0 aliphatic carbocycles. The minimum absolute atomic E-state index is 0.111. The number of carbonyl (C=O) groups is 2. The Morgan fingerprint density at radius 3 is 2.33 bits per heavy atom. The van der Waals surface area contributed by atoms with Gasteiger partial charge in [-0.25, -0.2) is 0 Å². The summed E-state index contributed by atoms with van der Waals surface area (Å²) in [6.45, 7) is 0.934. The van der Waals surface area contributed by atoms with E-state index in [0.717, 1.165) is 23.1 Å². The average molecular weight is 400 g/mol. The van der Waals surface area contributed by atoms with Crippen molar-refractivity contribution in [1.29, 1.82) is 0 Å². The van der Waals surface area contributed by atoms with Crippen molar-refractivity contribution < 1.29 is 9.59 Å². The average Bonchev–Trinajstić information content (AvgIpc) is 2.80. The highest BCUT2D eigenvalue weighted by Gasteiger charge is 2.42. The van der Waals surface area contributed by atoms with E-state index < -0.39 is 5.41 Å². The first kappa shape index (κ1) is 19.8. The monoisotopic (exact) mass is 400 g/mol. The molecule has 2 amide bonds. The molecule has 1 aliphatic rings. The lowest BCUT2D eigenvalue weighted by atomic mass is 9.74. The van der Waals surface area contributed by atoms with Gasteiger partial charge in [0.25, 0.3) is 5.91 Å². The van der Waals surface area contributed by atoms with E-state index in [1.54, 1.807) is 35.6 Å². The first-order chi connectivity index (χ1) is 14.6. The number of amides is 2. The maximum atomic E-state index is 12.9. The normalized spacial score (nSPS) is 18.7. The molecule has 1 aliphatic heterocycles. The van der Waals surface area contributed by atoms with Crippen LogP contribution in [0.5, 0.6) is 0 Å². The van der Waals surface area contributed by atoms with Crippen LogP contribution < -0.4 is 5.73 Å². The second-order valence-electron chi connectivity index (χ2n) is 7.83. The van der Waals surface area contributed by atoms with Crippen LogP contribution in [0.3, 0.4) is 0 Å². The van der Waals surface area contributed by atoms with Crippen molar-refractivity contribution in [3.05, 3.63) is 84.4 Å². The minimum atomic E-state index is -0.772. The number of likely N-dealkylation sites (tertiary alicyclic amines) is 1. The lowest BCUT2D eigenvalue weighted by Crippen LogP contribution is -2.53. The van der Waals surface area contributed by atoms with Crippen LogP contribution in [0.2, 0.25) is 0 Å². The zero-order valence-electron chi connectivity index (χ0n) is 16.7. The summed E-state index contributed by atoms with van der Waals surface area (Å²) < 4.78 is 0. The van der Waals surface area contributed by atoms with Crippen LogP contribution in [-0.4, -0.2) is 39.8 Å². The van der Waals surface area contributed by atoms with E-state index in [0.29, 0.717) is 31.5 Å². The summed E-state index contributed by atoms with van der Waals surface area (Å²) in [5.41, 5.74) is 8.76. The molecular weight excluding hydrogens is 376 g/mol. The molecule has 6 heteroatoms. The lowest BCUT2D eigenvalue weighted by molar-refractivity contribution is -0.130. The van der Waals surface area contributed by atoms with Crippen molar-refractivity contribution >= 4 is 11.8 Å². The zero-order chi connectivity index (χ0) is 21.0. The minimum Gasteiger partial charge on any atom is -0.369 e. The summed E-state index contributed by atoms with van der Waals surface area (Å²) in [5, 5.41) is 0. The maximum absolute atomic E-state index is 12.9. The topological polar surface area (TPSA) is 89.2 Å². The highest BCUT2D eigenvalue weighted by atomic mass is 16.2. The van der Waals surface area contributed by atoms with E-state index >= 15 is 0 Å². The van der Waals surface area contributed by atoms with Crippen LogP contribution in [0.4, 0.5) is 0 Å². The fraction of sp³-hybridized carbons (Fsp3) is 0.250. The van der Waals surface area contributed by atoms with E-state index in [-0.39, 0.29) is 11.8 Å². The molecule has 1 aromatic carbocycles. The van der Waals surface area contributed by atoms with Gasteiger partial charge in [-0.15, -0.1) is 0 Å². The SMILES string of the molecule is NC(=O)[C@]1(Cc2ccc(-c3cccnc3)cc2)CCCN(C(=O)c2cccnc2)C1. The van der Waals surface area contributed by atoms with Crippen LogP contribution in [0, 0.1) is 5.41 Å². The van der Waals surface area contributed by atoms with E-state index in [4.69, 9.17) is 5.73 Å². The van der Waals surface area contributed by atoms with Gasteiger partial charge >= 0.3 is 0 Å². The van der Waals surface area contributed by atoms with Gasteiger partial charge in [-0.3, -0.25) is 19.6 Å². The first-order valence-corrected chi connectivity index (χ1v) is 10.1. The number of nitrogens with zero attached hydrogens (tertiary/aromatic N) is 3. The molecule has 3 heterocycles. The van der Waals surface area contributed by atoms with Gasteiger partial charge < -0.3 is 10.6 Å². The predicted molar refractivity (Wildman–Crippen MR) is 114 cm³/mol. The molecule has 6 nitrogen and oxygen atoms in total. The molecule has 0 bridgehead atoms. The summed E-state index contributed by atoms with van der Waals surface area (Å²) in [6.07, 6.45) is 8.67. The number of nitrogens with two attached hydrogens (primary N) is 1. The third-order valence-corrected chi connectivity index (χ3v) is 5.79. The van der Waals surface area contributed by atoms with Crippen LogP contribution in [0.25, 0.3) is 11.1 Å². The summed E-state index contributed by atoms with van der Waals surface area (Å²) in [5.74, 6) is -0.470. The Morgan fingerprint density at radius 2 is 1.70 bits per heavy atom. The zero-order valence-corrected chi connectivity index (χ0v) is 16.7.